The van der Waals surface area contributed by atoms with E-state index >= 15 is 0 Å². The molecule has 2 unspecified atom stereocenters. The molecule has 2 aliphatic carbocycles. The van der Waals surface area contributed by atoms with Gasteiger partial charge in [0.2, 0.25) is 0 Å². The third-order valence-corrected chi connectivity index (χ3v) is 3.94. The second-order valence-corrected chi connectivity index (χ2v) is 4.98. The Morgan fingerprint density at radius 2 is 2.08 bits per heavy atom. The van der Waals surface area contributed by atoms with Gasteiger partial charge >= 0.3 is 0 Å². The average molecular weight is 184 g/mol. The zero-order chi connectivity index (χ0) is 8.55. The largest absolute Gasteiger partial charge is 0.299 e. The van der Waals surface area contributed by atoms with E-state index in [1.54, 1.807) is 11.8 Å². The third kappa shape index (κ3) is 1.41. The molecule has 0 N–H and O–H groups in total. The molecule has 0 aromatic carbocycles. The topological polar surface area (TPSA) is 17.1 Å². The van der Waals surface area contributed by atoms with Crippen LogP contribution in [0, 0.1) is 17.8 Å². The summed E-state index contributed by atoms with van der Waals surface area (Å²) in [6.45, 7) is 0. The first kappa shape index (κ1) is 8.61. The number of hydrogen-bond acceptors (Lipinski definition) is 2. The third-order valence-electron chi connectivity index (χ3n) is 3.33. The summed E-state index contributed by atoms with van der Waals surface area (Å²) in [5.41, 5.74) is 0. The van der Waals surface area contributed by atoms with Gasteiger partial charge in [-0.15, -0.1) is 0 Å². The Morgan fingerprint density at radius 3 is 2.67 bits per heavy atom. The molecular weight excluding hydrogens is 168 g/mol. The molecular formula is C10H16OS. The number of carbonyl (C=O) groups is 1. The van der Waals surface area contributed by atoms with Gasteiger partial charge in [-0.3, -0.25) is 4.79 Å². The molecule has 2 rings (SSSR count). The normalized spacial score (nSPS) is 37.9. The van der Waals surface area contributed by atoms with Crippen LogP contribution in [0.1, 0.15) is 25.7 Å². The van der Waals surface area contributed by atoms with Crippen molar-refractivity contribution >= 4 is 17.5 Å². The van der Waals surface area contributed by atoms with Gasteiger partial charge in [0.15, 0.2) is 0 Å². The van der Waals surface area contributed by atoms with Crippen LogP contribution >= 0.6 is 11.8 Å². The van der Waals surface area contributed by atoms with E-state index in [0.717, 1.165) is 24.0 Å². The molecule has 12 heavy (non-hydrogen) atoms. The minimum atomic E-state index is 0.505. The summed E-state index contributed by atoms with van der Waals surface area (Å²) in [5, 5.41) is 0. The number of thioether (sulfide) groups is 1. The molecule has 2 fully saturated rings. The van der Waals surface area contributed by atoms with Crippen LogP contribution in [0.4, 0.5) is 0 Å². The molecule has 2 saturated carbocycles. The molecule has 0 heterocycles. The standard InChI is InChI=1S/C10H16OS/c1-12-6-5-9(11)10-7-3-2-4-8(7)10/h7-8,10H,2-6H2,1H3. The molecule has 0 amide bonds. The highest BCUT2D eigenvalue weighted by Crippen LogP contribution is 2.58. The van der Waals surface area contributed by atoms with Gasteiger partial charge in [0.1, 0.15) is 5.78 Å². The fraction of sp³-hybridized carbons (Fsp3) is 0.900. The number of fused-ring (bicyclic) bond motifs is 1. The summed E-state index contributed by atoms with van der Waals surface area (Å²) >= 11 is 1.78. The van der Waals surface area contributed by atoms with Gasteiger partial charge < -0.3 is 0 Å². The van der Waals surface area contributed by atoms with Crippen LogP contribution in [0.2, 0.25) is 0 Å². The van der Waals surface area contributed by atoms with Gasteiger partial charge in [0, 0.05) is 12.3 Å². The van der Waals surface area contributed by atoms with Gasteiger partial charge in [-0.2, -0.15) is 11.8 Å². The SMILES string of the molecule is CSCCC(=O)C1C2CCCC21. The lowest BCUT2D eigenvalue weighted by atomic mass is 10.1. The van der Waals surface area contributed by atoms with Crippen LogP contribution in [0.25, 0.3) is 0 Å². The predicted octanol–water partition coefficient (Wildman–Crippen LogP) is 2.35. The summed E-state index contributed by atoms with van der Waals surface area (Å²) in [6.07, 6.45) is 6.93. The first-order chi connectivity index (χ1) is 5.84. The van der Waals surface area contributed by atoms with E-state index in [0.29, 0.717) is 11.7 Å². The van der Waals surface area contributed by atoms with E-state index in [9.17, 15) is 4.79 Å². The quantitative estimate of drug-likeness (QED) is 0.667. The minimum absolute atomic E-state index is 0.505. The lowest BCUT2D eigenvalue weighted by Gasteiger charge is -2.00. The molecule has 0 saturated heterocycles. The Labute approximate surface area is 78.3 Å². The van der Waals surface area contributed by atoms with Crippen molar-refractivity contribution in [1.29, 1.82) is 0 Å². The fourth-order valence-electron chi connectivity index (χ4n) is 2.67. The van der Waals surface area contributed by atoms with Crippen molar-refractivity contribution in [3.05, 3.63) is 0 Å². The molecule has 68 valence electrons. The van der Waals surface area contributed by atoms with Crippen molar-refractivity contribution in [2.75, 3.05) is 12.0 Å². The summed E-state index contributed by atoms with van der Waals surface area (Å²) in [4.78, 5) is 11.6. The van der Waals surface area contributed by atoms with E-state index in [1.807, 2.05) is 0 Å². The van der Waals surface area contributed by atoms with Crippen LogP contribution in [-0.4, -0.2) is 17.8 Å². The number of carbonyl (C=O) groups excluding carboxylic acids is 1. The Hall–Kier alpha value is 0.0200. The minimum Gasteiger partial charge on any atom is -0.299 e. The maximum Gasteiger partial charge on any atom is 0.137 e. The van der Waals surface area contributed by atoms with Crippen molar-refractivity contribution in [3.63, 3.8) is 0 Å². The molecule has 2 aliphatic rings. The van der Waals surface area contributed by atoms with Crippen LogP contribution < -0.4 is 0 Å². The smallest absolute Gasteiger partial charge is 0.137 e. The number of Topliss-reactive ketones (excluding diaryl/α,β-unsaturated/α-hetero) is 1. The van der Waals surface area contributed by atoms with Crippen molar-refractivity contribution in [3.8, 4) is 0 Å². The Balaban J connectivity index is 1.76. The van der Waals surface area contributed by atoms with E-state index in [2.05, 4.69) is 6.26 Å². The predicted molar refractivity (Wildman–Crippen MR) is 52.3 cm³/mol. The molecule has 0 aromatic heterocycles. The van der Waals surface area contributed by atoms with Gasteiger partial charge in [0.05, 0.1) is 0 Å². The number of hydrogen-bond donors (Lipinski definition) is 0. The zero-order valence-corrected chi connectivity index (χ0v) is 8.40. The summed E-state index contributed by atoms with van der Waals surface area (Å²) in [7, 11) is 0. The Morgan fingerprint density at radius 1 is 1.42 bits per heavy atom. The van der Waals surface area contributed by atoms with Gasteiger partial charge in [-0.25, -0.2) is 0 Å². The molecule has 1 nitrogen and oxygen atoms in total. The van der Waals surface area contributed by atoms with Gasteiger partial charge in [-0.1, -0.05) is 6.42 Å². The van der Waals surface area contributed by atoms with Gasteiger partial charge in [0.25, 0.3) is 0 Å². The Kier molecular flexibility index (Phi) is 2.44. The maximum atomic E-state index is 11.6. The number of rotatable bonds is 4. The van der Waals surface area contributed by atoms with Crippen LogP contribution in [-0.2, 0) is 4.79 Å². The molecule has 0 aromatic rings. The first-order valence-electron chi connectivity index (χ1n) is 4.86. The fourth-order valence-corrected chi connectivity index (χ4v) is 3.07. The van der Waals surface area contributed by atoms with Crippen molar-refractivity contribution in [2.45, 2.75) is 25.7 Å². The molecule has 0 bridgehead atoms. The van der Waals surface area contributed by atoms with Crippen LogP contribution in [0.3, 0.4) is 0 Å². The number of ketones is 1. The first-order valence-corrected chi connectivity index (χ1v) is 6.25. The van der Waals surface area contributed by atoms with Gasteiger partial charge in [-0.05, 0) is 36.7 Å². The summed E-state index contributed by atoms with van der Waals surface area (Å²) < 4.78 is 0. The van der Waals surface area contributed by atoms with Crippen LogP contribution in [0.5, 0.6) is 0 Å². The molecule has 0 radical (unpaired) electrons. The van der Waals surface area contributed by atoms with Crippen molar-refractivity contribution in [2.24, 2.45) is 17.8 Å². The summed E-state index contributed by atoms with van der Waals surface area (Å²) in [5.74, 6) is 3.72. The molecule has 0 spiro atoms. The molecule has 2 atom stereocenters. The van der Waals surface area contributed by atoms with Crippen molar-refractivity contribution in [1.82, 2.24) is 0 Å². The average Bonchev–Trinajstić information content (AvgIpc) is 2.56. The molecule has 2 heteroatoms. The van der Waals surface area contributed by atoms with Crippen molar-refractivity contribution < 1.29 is 4.79 Å². The molecule has 0 aliphatic heterocycles. The van der Waals surface area contributed by atoms with E-state index in [4.69, 9.17) is 0 Å². The highest BCUT2D eigenvalue weighted by Gasteiger charge is 2.55. The highest BCUT2D eigenvalue weighted by molar-refractivity contribution is 7.98. The lowest BCUT2D eigenvalue weighted by Crippen LogP contribution is -2.06. The monoisotopic (exact) mass is 184 g/mol. The van der Waals surface area contributed by atoms with E-state index in [-0.39, 0.29) is 0 Å². The Bertz CT molecular complexity index is 180. The van der Waals surface area contributed by atoms with E-state index in [1.165, 1.54) is 19.3 Å². The second kappa shape index (κ2) is 3.41. The van der Waals surface area contributed by atoms with E-state index < -0.39 is 0 Å². The van der Waals surface area contributed by atoms with Crippen LogP contribution in [0.15, 0.2) is 0 Å². The maximum absolute atomic E-state index is 11.6. The lowest BCUT2D eigenvalue weighted by molar-refractivity contribution is -0.120. The second-order valence-electron chi connectivity index (χ2n) is 3.99. The zero-order valence-electron chi connectivity index (χ0n) is 7.58. The summed E-state index contributed by atoms with van der Waals surface area (Å²) in [6, 6.07) is 0. The highest BCUT2D eigenvalue weighted by atomic mass is 32.2.